The second-order valence-corrected chi connectivity index (χ2v) is 7.45. The summed E-state index contributed by atoms with van der Waals surface area (Å²) in [5.74, 6) is 1.47. The summed E-state index contributed by atoms with van der Waals surface area (Å²) in [4.78, 5) is 14.0. The third-order valence-corrected chi connectivity index (χ3v) is 4.96. The maximum absolute atomic E-state index is 12.3. The zero-order valence-corrected chi connectivity index (χ0v) is 15.6. The standard InChI is InChI=1S/C19H27ClN2O3/c1-22(12-14-5-6-14)19(23)11-21-17-10-15(20)7-8-18(17)25-13-16-4-2-3-9-24-16/h7-8,10,14,16,21H,2-6,9,11-13H2,1H3. The molecule has 3 rings (SSSR count). The molecule has 1 N–H and O–H groups in total. The molecule has 1 aromatic carbocycles. The Morgan fingerprint density at radius 2 is 2.20 bits per heavy atom. The third kappa shape index (κ3) is 5.79. The molecule has 6 heteroatoms. The summed E-state index contributed by atoms with van der Waals surface area (Å²) in [5.41, 5.74) is 0.747. The summed E-state index contributed by atoms with van der Waals surface area (Å²) in [6, 6.07) is 5.43. The van der Waals surface area contributed by atoms with E-state index >= 15 is 0 Å². The molecule has 0 aromatic heterocycles. The Morgan fingerprint density at radius 1 is 1.36 bits per heavy atom. The topological polar surface area (TPSA) is 50.8 Å². The lowest BCUT2D eigenvalue weighted by molar-refractivity contribution is -0.128. The Balaban J connectivity index is 1.53. The largest absolute Gasteiger partial charge is 0.489 e. The number of halogens is 1. The van der Waals surface area contributed by atoms with Gasteiger partial charge in [0.2, 0.25) is 5.91 Å². The van der Waals surface area contributed by atoms with Gasteiger partial charge in [-0.2, -0.15) is 0 Å². The summed E-state index contributed by atoms with van der Waals surface area (Å²) in [7, 11) is 1.86. The minimum absolute atomic E-state index is 0.0773. The van der Waals surface area contributed by atoms with Crippen LogP contribution in [0.5, 0.6) is 5.75 Å². The molecule has 25 heavy (non-hydrogen) atoms. The van der Waals surface area contributed by atoms with Crippen molar-refractivity contribution in [2.24, 2.45) is 5.92 Å². The molecular formula is C19H27ClN2O3. The molecule has 138 valence electrons. The van der Waals surface area contributed by atoms with Gasteiger partial charge >= 0.3 is 0 Å². The highest BCUT2D eigenvalue weighted by atomic mass is 35.5. The fourth-order valence-electron chi connectivity index (χ4n) is 2.98. The molecule has 2 aliphatic rings. The monoisotopic (exact) mass is 366 g/mol. The average molecular weight is 367 g/mol. The highest BCUT2D eigenvalue weighted by molar-refractivity contribution is 6.30. The van der Waals surface area contributed by atoms with Crippen LogP contribution in [0.25, 0.3) is 0 Å². The lowest BCUT2D eigenvalue weighted by Gasteiger charge is -2.23. The summed E-state index contributed by atoms with van der Waals surface area (Å²) in [6.45, 7) is 2.41. The molecule has 1 atom stereocenters. The van der Waals surface area contributed by atoms with Gasteiger partial charge < -0.3 is 19.7 Å². The normalized spacial score (nSPS) is 20.2. The van der Waals surface area contributed by atoms with Crippen molar-refractivity contribution in [3.8, 4) is 5.75 Å². The molecule has 2 fully saturated rings. The number of anilines is 1. The number of carbonyl (C=O) groups is 1. The van der Waals surface area contributed by atoms with Gasteiger partial charge in [-0.15, -0.1) is 0 Å². The number of nitrogens with one attached hydrogen (secondary N) is 1. The molecule has 1 aliphatic carbocycles. The molecular weight excluding hydrogens is 340 g/mol. The van der Waals surface area contributed by atoms with Gasteiger partial charge in [0, 0.05) is 25.2 Å². The number of likely N-dealkylation sites (N-methyl/N-ethyl adjacent to an activating group) is 1. The predicted molar refractivity (Wildman–Crippen MR) is 99.4 cm³/mol. The van der Waals surface area contributed by atoms with E-state index in [9.17, 15) is 4.79 Å². The zero-order chi connectivity index (χ0) is 17.6. The van der Waals surface area contributed by atoms with Crippen LogP contribution < -0.4 is 10.1 Å². The Bertz CT molecular complexity index is 586. The van der Waals surface area contributed by atoms with Crippen LogP contribution in [0, 0.1) is 5.92 Å². The van der Waals surface area contributed by atoms with E-state index in [-0.39, 0.29) is 18.6 Å². The van der Waals surface area contributed by atoms with Gasteiger partial charge in [-0.1, -0.05) is 11.6 Å². The van der Waals surface area contributed by atoms with Crippen LogP contribution >= 0.6 is 11.6 Å². The first-order valence-electron chi connectivity index (χ1n) is 9.13. The maximum atomic E-state index is 12.3. The molecule has 1 heterocycles. The van der Waals surface area contributed by atoms with Crippen LogP contribution in [0.1, 0.15) is 32.1 Å². The maximum Gasteiger partial charge on any atom is 0.241 e. The number of nitrogens with zero attached hydrogens (tertiary/aromatic N) is 1. The van der Waals surface area contributed by atoms with Crippen molar-refractivity contribution in [1.29, 1.82) is 0 Å². The average Bonchev–Trinajstić information content (AvgIpc) is 3.43. The minimum atomic E-state index is 0.0773. The Kier molecular flexibility index (Phi) is 6.43. The van der Waals surface area contributed by atoms with Crippen LogP contribution in [0.3, 0.4) is 0 Å². The van der Waals surface area contributed by atoms with Gasteiger partial charge in [0.05, 0.1) is 18.3 Å². The van der Waals surface area contributed by atoms with Crippen molar-refractivity contribution in [3.63, 3.8) is 0 Å². The lowest BCUT2D eigenvalue weighted by Crippen LogP contribution is -2.33. The third-order valence-electron chi connectivity index (χ3n) is 4.73. The van der Waals surface area contributed by atoms with Crippen LogP contribution in [0.15, 0.2) is 18.2 Å². The first-order chi connectivity index (χ1) is 12.1. The fraction of sp³-hybridized carbons (Fsp3) is 0.632. The Hall–Kier alpha value is -1.46. The molecule has 5 nitrogen and oxygen atoms in total. The Morgan fingerprint density at radius 3 is 2.92 bits per heavy atom. The van der Waals surface area contributed by atoms with Gasteiger partial charge in [-0.25, -0.2) is 0 Å². The van der Waals surface area contributed by atoms with Gasteiger partial charge in [-0.3, -0.25) is 4.79 Å². The molecule has 0 spiro atoms. The first kappa shape index (κ1) is 18.3. The molecule has 0 radical (unpaired) electrons. The Labute approximate surface area is 154 Å². The number of hydrogen-bond donors (Lipinski definition) is 1. The second kappa shape index (κ2) is 8.77. The van der Waals surface area contributed by atoms with E-state index in [0.717, 1.165) is 31.7 Å². The zero-order valence-electron chi connectivity index (χ0n) is 14.8. The molecule has 1 amide bonds. The summed E-state index contributed by atoms with van der Waals surface area (Å²) < 4.78 is 11.6. The van der Waals surface area contributed by atoms with Crippen LogP contribution in [0.2, 0.25) is 5.02 Å². The van der Waals surface area contributed by atoms with E-state index in [0.29, 0.717) is 23.3 Å². The van der Waals surface area contributed by atoms with Gasteiger partial charge in [0.1, 0.15) is 12.4 Å². The smallest absolute Gasteiger partial charge is 0.241 e. The lowest BCUT2D eigenvalue weighted by atomic mass is 10.1. The van der Waals surface area contributed by atoms with Gasteiger partial charge in [-0.05, 0) is 56.2 Å². The number of amides is 1. The molecule has 1 saturated heterocycles. The number of carbonyl (C=O) groups excluding carboxylic acids is 1. The summed E-state index contributed by atoms with van der Waals surface area (Å²) in [6.07, 6.45) is 5.95. The second-order valence-electron chi connectivity index (χ2n) is 7.01. The fourth-order valence-corrected chi connectivity index (χ4v) is 3.16. The van der Waals surface area contributed by atoms with Crippen LogP contribution in [-0.4, -0.2) is 50.3 Å². The van der Waals surface area contributed by atoms with Gasteiger partial charge in [0.15, 0.2) is 0 Å². The van der Waals surface area contributed by atoms with Crippen LogP contribution in [-0.2, 0) is 9.53 Å². The molecule has 1 aliphatic heterocycles. The molecule has 0 bridgehead atoms. The highest BCUT2D eigenvalue weighted by Crippen LogP contribution is 2.30. The number of rotatable bonds is 8. The SMILES string of the molecule is CN(CC1CC1)C(=O)CNc1cc(Cl)ccc1OCC1CCCCO1. The summed E-state index contributed by atoms with van der Waals surface area (Å²) in [5, 5.41) is 3.79. The van der Waals surface area contributed by atoms with E-state index in [1.165, 1.54) is 19.3 Å². The van der Waals surface area contributed by atoms with Crippen molar-refractivity contribution < 1.29 is 14.3 Å². The predicted octanol–water partition coefficient (Wildman–Crippen LogP) is 3.57. The minimum Gasteiger partial charge on any atom is -0.489 e. The summed E-state index contributed by atoms with van der Waals surface area (Å²) >= 11 is 6.11. The van der Waals surface area contributed by atoms with E-state index in [1.807, 2.05) is 13.1 Å². The number of ether oxygens (including phenoxy) is 2. The number of benzene rings is 1. The highest BCUT2D eigenvalue weighted by Gasteiger charge is 2.24. The quantitative estimate of drug-likeness (QED) is 0.764. The van der Waals surface area contributed by atoms with E-state index < -0.39 is 0 Å². The van der Waals surface area contributed by atoms with Gasteiger partial charge in [0.25, 0.3) is 0 Å². The number of hydrogen-bond acceptors (Lipinski definition) is 4. The van der Waals surface area contributed by atoms with E-state index in [4.69, 9.17) is 21.1 Å². The molecule has 1 aromatic rings. The molecule has 1 unspecified atom stereocenters. The van der Waals surface area contributed by atoms with Crippen molar-refractivity contribution in [2.45, 2.75) is 38.2 Å². The molecule has 1 saturated carbocycles. The van der Waals surface area contributed by atoms with Crippen molar-refractivity contribution in [2.75, 3.05) is 38.7 Å². The van der Waals surface area contributed by atoms with E-state index in [1.54, 1.807) is 17.0 Å². The van der Waals surface area contributed by atoms with Crippen molar-refractivity contribution >= 4 is 23.2 Å². The first-order valence-corrected chi connectivity index (χ1v) is 9.51. The van der Waals surface area contributed by atoms with Crippen LogP contribution in [0.4, 0.5) is 5.69 Å². The van der Waals surface area contributed by atoms with Crippen molar-refractivity contribution in [1.82, 2.24) is 4.90 Å². The van der Waals surface area contributed by atoms with Crippen molar-refractivity contribution in [3.05, 3.63) is 23.2 Å². The van der Waals surface area contributed by atoms with E-state index in [2.05, 4.69) is 5.32 Å².